The normalized spacial score (nSPS) is 24.9. The highest BCUT2D eigenvalue weighted by Crippen LogP contribution is 2.28. The summed E-state index contributed by atoms with van der Waals surface area (Å²) in [5.74, 6) is 1.40. The smallest absolute Gasteiger partial charge is 0.251 e. The van der Waals surface area contributed by atoms with Crippen molar-refractivity contribution in [3.05, 3.63) is 18.2 Å². The first kappa shape index (κ1) is 13.6. The van der Waals surface area contributed by atoms with Gasteiger partial charge in [0.25, 0.3) is 5.91 Å². The first-order valence-corrected chi connectivity index (χ1v) is 7.68. The van der Waals surface area contributed by atoms with Crippen molar-refractivity contribution in [2.75, 3.05) is 6.54 Å². The Morgan fingerprint density at radius 1 is 1.45 bits per heavy atom. The van der Waals surface area contributed by atoms with Gasteiger partial charge in [-0.25, -0.2) is 4.98 Å². The predicted molar refractivity (Wildman–Crippen MR) is 75.1 cm³/mol. The number of carbonyl (C=O) groups excluding carboxylic acids is 1. The highest BCUT2D eigenvalue weighted by atomic mass is 16.3. The summed E-state index contributed by atoms with van der Waals surface area (Å²) in [7, 11) is 0. The molecule has 0 bridgehead atoms. The number of aromatic nitrogens is 2. The molecule has 0 aromatic carbocycles. The molecule has 1 aromatic heterocycles. The van der Waals surface area contributed by atoms with Crippen LogP contribution in [0.4, 0.5) is 0 Å². The van der Waals surface area contributed by atoms with Crippen LogP contribution < -0.4 is 5.32 Å². The van der Waals surface area contributed by atoms with E-state index in [-0.39, 0.29) is 5.91 Å². The Hall–Kier alpha value is -1.36. The van der Waals surface area contributed by atoms with Crippen LogP contribution in [0.1, 0.15) is 44.3 Å². The van der Waals surface area contributed by atoms with E-state index in [1.807, 2.05) is 12.4 Å². The van der Waals surface area contributed by atoms with Crippen LogP contribution >= 0.6 is 0 Å². The van der Waals surface area contributed by atoms with Crippen LogP contribution in [0.3, 0.4) is 0 Å². The number of nitrogens with zero attached hydrogens (tertiary/aromatic N) is 2. The quantitative estimate of drug-likeness (QED) is 0.874. The first-order chi connectivity index (χ1) is 9.67. The molecule has 0 unspecified atom stereocenters. The van der Waals surface area contributed by atoms with E-state index in [0.717, 1.165) is 44.5 Å². The third kappa shape index (κ3) is 2.73. The summed E-state index contributed by atoms with van der Waals surface area (Å²) in [6.45, 7) is 1.56. The van der Waals surface area contributed by atoms with E-state index in [2.05, 4.69) is 14.9 Å². The lowest BCUT2D eigenvalue weighted by molar-refractivity contribution is -0.143. The Labute approximate surface area is 119 Å². The number of amides is 1. The molecule has 1 amide bonds. The molecule has 3 rings (SSSR count). The summed E-state index contributed by atoms with van der Waals surface area (Å²) in [4.78, 5) is 16.5. The molecular formula is C15H23N3O2. The molecule has 1 saturated carbocycles. The van der Waals surface area contributed by atoms with Crippen LogP contribution in [0.5, 0.6) is 0 Å². The van der Waals surface area contributed by atoms with Crippen molar-refractivity contribution in [3.63, 3.8) is 0 Å². The molecule has 5 nitrogen and oxygen atoms in total. The number of aryl methyl sites for hydroxylation is 1. The van der Waals surface area contributed by atoms with Gasteiger partial charge in [-0.3, -0.25) is 4.79 Å². The fraction of sp³-hybridized carbons (Fsp3) is 0.733. The van der Waals surface area contributed by atoms with Crippen LogP contribution in [-0.2, 0) is 17.8 Å². The van der Waals surface area contributed by atoms with E-state index < -0.39 is 5.60 Å². The second-order valence-corrected chi connectivity index (χ2v) is 6.20. The molecule has 1 aliphatic carbocycles. The number of carbonyl (C=O) groups is 1. The van der Waals surface area contributed by atoms with E-state index >= 15 is 0 Å². The summed E-state index contributed by atoms with van der Waals surface area (Å²) >= 11 is 0. The van der Waals surface area contributed by atoms with Crippen molar-refractivity contribution < 1.29 is 9.90 Å². The van der Waals surface area contributed by atoms with Gasteiger partial charge in [0.1, 0.15) is 11.4 Å². The lowest BCUT2D eigenvalue weighted by Gasteiger charge is -2.31. The molecule has 1 aliphatic heterocycles. The number of imidazole rings is 1. The Bertz CT molecular complexity index is 477. The van der Waals surface area contributed by atoms with Crippen LogP contribution in [-0.4, -0.2) is 32.7 Å². The molecule has 2 heterocycles. The van der Waals surface area contributed by atoms with E-state index in [9.17, 15) is 9.90 Å². The molecule has 20 heavy (non-hydrogen) atoms. The van der Waals surface area contributed by atoms with Gasteiger partial charge in [0, 0.05) is 31.9 Å². The number of hydrogen-bond acceptors (Lipinski definition) is 3. The number of rotatable bonds is 3. The topological polar surface area (TPSA) is 67.2 Å². The lowest BCUT2D eigenvalue weighted by Crippen LogP contribution is -2.49. The standard InChI is InChI=1S/C15H23N3O2/c19-14(15(20)6-2-1-3-7-15)17-10-12-4-5-13-16-8-9-18(13)11-12/h8-9,12,20H,1-7,10-11H2,(H,17,19)/t12-/m0/s1. The second kappa shape index (κ2) is 5.56. The zero-order valence-electron chi connectivity index (χ0n) is 11.8. The first-order valence-electron chi connectivity index (χ1n) is 7.68. The average molecular weight is 277 g/mol. The van der Waals surface area contributed by atoms with Crippen molar-refractivity contribution in [2.45, 2.75) is 57.1 Å². The van der Waals surface area contributed by atoms with Gasteiger partial charge in [-0.15, -0.1) is 0 Å². The summed E-state index contributed by atoms with van der Waals surface area (Å²) in [5.41, 5.74) is -1.12. The Kier molecular flexibility index (Phi) is 3.78. The van der Waals surface area contributed by atoms with E-state index in [0.29, 0.717) is 25.3 Å². The lowest BCUT2D eigenvalue weighted by atomic mass is 9.84. The average Bonchev–Trinajstić information content (AvgIpc) is 2.93. The van der Waals surface area contributed by atoms with Gasteiger partial charge in [-0.2, -0.15) is 0 Å². The molecule has 0 spiro atoms. The van der Waals surface area contributed by atoms with E-state index in [1.165, 1.54) is 0 Å². The van der Waals surface area contributed by atoms with Crippen LogP contribution in [0, 0.1) is 5.92 Å². The zero-order valence-corrected chi connectivity index (χ0v) is 11.8. The molecule has 2 aliphatic rings. The molecule has 2 N–H and O–H groups in total. The fourth-order valence-corrected chi connectivity index (χ4v) is 3.37. The molecule has 1 aromatic rings. The van der Waals surface area contributed by atoms with Gasteiger partial charge < -0.3 is 15.0 Å². The maximum Gasteiger partial charge on any atom is 0.251 e. The highest BCUT2D eigenvalue weighted by molar-refractivity contribution is 5.84. The Morgan fingerprint density at radius 3 is 3.05 bits per heavy atom. The molecule has 0 saturated heterocycles. The molecule has 1 fully saturated rings. The molecular weight excluding hydrogens is 254 g/mol. The molecule has 1 atom stereocenters. The van der Waals surface area contributed by atoms with Crippen molar-refractivity contribution in [3.8, 4) is 0 Å². The monoisotopic (exact) mass is 277 g/mol. The van der Waals surface area contributed by atoms with Gasteiger partial charge in [0.05, 0.1) is 0 Å². The Morgan fingerprint density at radius 2 is 2.25 bits per heavy atom. The molecule has 0 radical (unpaired) electrons. The summed E-state index contributed by atoms with van der Waals surface area (Å²) in [6.07, 6.45) is 10.1. The number of nitrogens with one attached hydrogen (secondary N) is 1. The SMILES string of the molecule is O=C(NC[C@@H]1CCc2nccn2C1)C1(O)CCCCC1. The third-order valence-corrected chi connectivity index (χ3v) is 4.69. The summed E-state index contributed by atoms with van der Waals surface area (Å²) in [5, 5.41) is 13.3. The van der Waals surface area contributed by atoms with E-state index in [4.69, 9.17) is 0 Å². The third-order valence-electron chi connectivity index (χ3n) is 4.69. The van der Waals surface area contributed by atoms with Crippen molar-refractivity contribution in [1.82, 2.24) is 14.9 Å². The minimum Gasteiger partial charge on any atom is -0.380 e. The largest absolute Gasteiger partial charge is 0.380 e. The van der Waals surface area contributed by atoms with Gasteiger partial charge in [0.15, 0.2) is 0 Å². The van der Waals surface area contributed by atoms with Crippen molar-refractivity contribution in [2.24, 2.45) is 5.92 Å². The summed E-state index contributed by atoms with van der Waals surface area (Å²) in [6, 6.07) is 0. The number of aliphatic hydroxyl groups is 1. The predicted octanol–water partition coefficient (Wildman–Crippen LogP) is 1.26. The Balaban J connectivity index is 1.51. The highest BCUT2D eigenvalue weighted by Gasteiger charge is 2.37. The zero-order chi connectivity index (χ0) is 14.0. The maximum atomic E-state index is 12.2. The van der Waals surface area contributed by atoms with Crippen molar-refractivity contribution >= 4 is 5.91 Å². The van der Waals surface area contributed by atoms with Crippen LogP contribution in [0.15, 0.2) is 12.4 Å². The summed E-state index contributed by atoms with van der Waals surface area (Å²) < 4.78 is 2.16. The van der Waals surface area contributed by atoms with Gasteiger partial charge in [-0.05, 0) is 25.2 Å². The minimum atomic E-state index is -1.12. The number of hydrogen-bond donors (Lipinski definition) is 2. The van der Waals surface area contributed by atoms with Gasteiger partial charge >= 0.3 is 0 Å². The fourth-order valence-electron chi connectivity index (χ4n) is 3.37. The van der Waals surface area contributed by atoms with Crippen molar-refractivity contribution in [1.29, 1.82) is 0 Å². The van der Waals surface area contributed by atoms with E-state index in [1.54, 1.807) is 0 Å². The second-order valence-electron chi connectivity index (χ2n) is 6.20. The van der Waals surface area contributed by atoms with Crippen LogP contribution in [0.2, 0.25) is 0 Å². The maximum absolute atomic E-state index is 12.2. The van der Waals surface area contributed by atoms with Crippen LogP contribution in [0.25, 0.3) is 0 Å². The number of fused-ring (bicyclic) bond motifs is 1. The minimum absolute atomic E-state index is 0.173. The molecule has 110 valence electrons. The molecule has 5 heteroatoms. The van der Waals surface area contributed by atoms with Gasteiger partial charge in [0.2, 0.25) is 0 Å². The van der Waals surface area contributed by atoms with Gasteiger partial charge in [-0.1, -0.05) is 19.3 Å².